The predicted molar refractivity (Wildman–Crippen MR) is 226 cm³/mol. The van der Waals surface area contributed by atoms with Crippen molar-refractivity contribution in [3.63, 3.8) is 0 Å². The second-order valence-electron chi connectivity index (χ2n) is 14.2. The Hall–Kier alpha value is -7.70. The summed E-state index contributed by atoms with van der Waals surface area (Å²) in [6, 6.07) is 58.2. The summed E-state index contributed by atoms with van der Waals surface area (Å²) in [5.74, 6) is 2.37. The Morgan fingerprint density at radius 1 is 0.339 bits per heavy atom. The molecule has 0 saturated carbocycles. The summed E-state index contributed by atoms with van der Waals surface area (Å²) in [6.45, 7) is 0. The molecule has 0 spiro atoms. The first-order valence-corrected chi connectivity index (χ1v) is 18.6. The van der Waals surface area contributed by atoms with Crippen molar-refractivity contribution >= 4 is 76.1 Å². The monoisotopic (exact) mass is 716 g/mol. The van der Waals surface area contributed by atoms with Gasteiger partial charge in [0.1, 0.15) is 16.7 Å². The summed E-state index contributed by atoms with van der Waals surface area (Å²) >= 11 is 0. The molecule has 6 heteroatoms. The highest BCUT2D eigenvalue weighted by Gasteiger charge is 2.20. The second-order valence-corrected chi connectivity index (χ2v) is 14.2. The van der Waals surface area contributed by atoms with Crippen molar-refractivity contribution in [2.24, 2.45) is 0 Å². The van der Waals surface area contributed by atoms with Crippen LogP contribution in [0.25, 0.3) is 122 Å². The van der Waals surface area contributed by atoms with Crippen LogP contribution < -0.4 is 0 Å². The number of hydrogen-bond acceptors (Lipinski definition) is 6. The van der Waals surface area contributed by atoms with E-state index in [1.807, 2.05) is 54.6 Å². The van der Waals surface area contributed by atoms with Crippen LogP contribution in [0, 0.1) is 0 Å². The van der Waals surface area contributed by atoms with Gasteiger partial charge in [-0.1, -0.05) is 140 Å². The Morgan fingerprint density at radius 2 is 0.982 bits per heavy atom. The zero-order valence-corrected chi connectivity index (χ0v) is 29.8. The molecule has 0 unspecified atom stereocenters. The zero-order chi connectivity index (χ0) is 36.7. The van der Waals surface area contributed by atoms with Crippen molar-refractivity contribution in [3.8, 4) is 45.6 Å². The van der Waals surface area contributed by atoms with Gasteiger partial charge in [-0.2, -0.15) is 0 Å². The van der Waals surface area contributed by atoms with E-state index in [1.165, 1.54) is 0 Å². The van der Waals surface area contributed by atoms with Crippen LogP contribution in [0.5, 0.6) is 0 Å². The van der Waals surface area contributed by atoms with Gasteiger partial charge in [0.2, 0.25) is 5.89 Å². The van der Waals surface area contributed by atoms with E-state index in [-0.39, 0.29) is 0 Å². The average molecular weight is 717 g/mol. The van der Waals surface area contributed by atoms with Gasteiger partial charge in [0, 0.05) is 43.8 Å². The van der Waals surface area contributed by atoms with Gasteiger partial charge in [-0.3, -0.25) is 0 Å². The number of furan rings is 1. The Bertz CT molecular complexity index is 3540. The maximum absolute atomic E-state index is 6.77. The topological polar surface area (TPSA) is 77.8 Å². The summed E-state index contributed by atoms with van der Waals surface area (Å²) in [6.07, 6.45) is 0. The van der Waals surface area contributed by atoms with E-state index in [0.717, 1.165) is 98.4 Å². The molecule has 260 valence electrons. The highest BCUT2D eigenvalue weighted by Crippen LogP contribution is 2.41. The summed E-state index contributed by atoms with van der Waals surface area (Å²) in [7, 11) is 0. The first kappa shape index (κ1) is 30.7. The summed E-state index contributed by atoms with van der Waals surface area (Å²) in [4.78, 5) is 20.4. The van der Waals surface area contributed by atoms with Crippen molar-refractivity contribution in [2.45, 2.75) is 0 Å². The van der Waals surface area contributed by atoms with E-state index in [4.69, 9.17) is 28.8 Å². The van der Waals surface area contributed by atoms with Crippen LogP contribution in [0.15, 0.2) is 179 Å². The fourth-order valence-corrected chi connectivity index (χ4v) is 8.30. The molecule has 0 amide bonds. The molecule has 12 aromatic rings. The van der Waals surface area contributed by atoms with E-state index in [0.29, 0.717) is 23.4 Å². The molecule has 3 aromatic heterocycles. The van der Waals surface area contributed by atoms with Gasteiger partial charge in [0.05, 0.1) is 0 Å². The minimum atomic E-state index is 0.573. The second kappa shape index (κ2) is 11.9. The van der Waals surface area contributed by atoms with E-state index in [2.05, 4.69) is 115 Å². The Labute approximate surface area is 319 Å². The molecule has 0 atom stereocenters. The molecule has 0 aliphatic rings. The molecule has 0 bridgehead atoms. The number of rotatable bonds is 4. The number of aromatic nitrogens is 4. The SMILES string of the molecule is c1ccc(-c2nc(-c3ccc4c(c3)oc3ccccc34)nc(-c3cccc4c3ccc3ccc5ccc6nc(-c7cccc8ccccc78)oc6c5c34)n2)cc1. The average Bonchev–Trinajstić information content (AvgIpc) is 3.87. The Kier molecular flexibility index (Phi) is 6.53. The quantitative estimate of drug-likeness (QED) is 0.169. The third-order valence-electron chi connectivity index (χ3n) is 10.9. The van der Waals surface area contributed by atoms with Gasteiger partial charge >= 0.3 is 0 Å². The highest BCUT2D eigenvalue weighted by atomic mass is 16.3. The van der Waals surface area contributed by atoms with Crippen LogP contribution >= 0.6 is 0 Å². The molecule has 12 rings (SSSR count). The van der Waals surface area contributed by atoms with E-state index in [1.54, 1.807) is 0 Å². The first-order valence-electron chi connectivity index (χ1n) is 18.6. The Morgan fingerprint density at radius 3 is 1.89 bits per heavy atom. The normalized spacial score (nSPS) is 11.9. The molecule has 56 heavy (non-hydrogen) atoms. The van der Waals surface area contributed by atoms with Crippen molar-refractivity contribution in [2.75, 3.05) is 0 Å². The lowest BCUT2D eigenvalue weighted by Crippen LogP contribution is -2.00. The smallest absolute Gasteiger partial charge is 0.227 e. The molecule has 0 aliphatic heterocycles. The first-order chi connectivity index (χ1) is 27.7. The summed E-state index contributed by atoms with van der Waals surface area (Å²) in [5, 5.41) is 10.8. The van der Waals surface area contributed by atoms with E-state index in [9.17, 15) is 0 Å². The molecule has 0 N–H and O–H groups in total. The summed E-state index contributed by atoms with van der Waals surface area (Å²) < 4.78 is 13.0. The third kappa shape index (κ3) is 4.69. The molecule has 6 nitrogen and oxygen atoms in total. The predicted octanol–water partition coefficient (Wildman–Crippen LogP) is 13.2. The van der Waals surface area contributed by atoms with Crippen molar-refractivity contribution in [1.82, 2.24) is 19.9 Å². The number of para-hydroxylation sites is 1. The van der Waals surface area contributed by atoms with Crippen LogP contribution in [0.1, 0.15) is 0 Å². The fourth-order valence-electron chi connectivity index (χ4n) is 8.30. The van der Waals surface area contributed by atoms with Gasteiger partial charge in [0.25, 0.3) is 0 Å². The van der Waals surface area contributed by atoms with Crippen molar-refractivity contribution in [1.29, 1.82) is 0 Å². The molecule has 9 aromatic carbocycles. The standard InChI is InChI=1S/C50H28N4O2/c1-2-11-32(12-3-1)47-52-48(33-23-26-37-36-15-6-7-19-42(36)55-43(37)28-33)54-49(53-47)39-17-9-16-38-35(39)25-22-30-20-21-31-24-27-41-46(45(31)44(30)38)56-50(51-41)40-18-8-13-29-10-4-5-14-34(29)40/h1-28H. The minimum absolute atomic E-state index is 0.573. The van der Waals surface area contributed by atoms with Gasteiger partial charge in [-0.15, -0.1) is 0 Å². The maximum Gasteiger partial charge on any atom is 0.227 e. The lowest BCUT2D eigenvalue weighted by molar-refractivity contribution is 0.624. The van der Waals surface area contributed by atoms with Crippen LogP contribution in [0.2, 0.25) is 0 Å². The largest absolute Gasteiger partial charge is 0.456 e. The molecule has 0 saturated heterocycles. The number of benzene rings is 9. The number of nitrogens with zero attached hydrogens (tertiary/aromatic N) is 4. The van der Waals surface area contributed by atoms with Gasteiger partial charge in [-0.05, 0) is 62.6 Å². The fraction of sp³-hybridized carbons (Fsp3) is 0. The molecular weight excluding hydrogens is 689 g/mol. The van der Waals surface area contributed by atoms with Crippen LogP contribution in [0.3, 0.4) is 0 Å². The lowest BCUT2D eigenvalue weighted by Gasteiger charge is -2.13. The van der Waals surface area contributed by atoms with E-state index >= 15 is 0 Å². The molecule has 0 fully saturated rings. The number of hydrogen-bond donors (Lipinski definition) is 0. The van der Waals surface area contributed by atoms with Gasteiger partial charge in [0.15, 0.2) is 23.1 Å². The molecule has 0 aliphatic carbocycles. The number of oxazole rings is 1. The number of fused-ring (bicyclic) bond motifs is 11. The molecule has 3 heterocycles. The molecular formula is C50H28N4O2. The minimum Gasteiger partial charge on any atom is -0.456 e. The van der Waals surface area contributed by atoms with Gasteiger partial charge < -0.3 is 8.83 Å². The lowest BCUT2D eigenvalue weighted by atomic mass is 9.93. The third-order valence-corrected chi connectivity index (χ3v) is 10.9. The van der Waals surface area contributed by atoms with E-state index < -0.39 is 0 Å². The van der Waals surface area contributed by atoms with Crippen LogP contribution in [-0.2, 0) is 0 Å². The maximum atomic E-state index is 6.77. The van der Waals surface area contributed by atoms with Crippen LogP contribution in [-0.4, -0.2) is 19.9 Å². The van der Waals surface area contributed by atoms with Gasteiger partial charge in [-0.25, -0.2) is 19.9 Å². The Balaban J connectivity index is 1.09. The zero-order valence-electron chi connectivity index (χ0n) is 29.8. The molecule has 0 radical (unpaired) electrons. The summed E-state index contributed by atoms with van der Waals surface area (Å²) in [5.41, 5.74) is 6.87. The van der Waals surface area contributed by atoms with Crippen molar-refractivity contribution < 1.29 is 8.83 Å². The highest BCUT2D eigenvalue weighted by molar-refractivity contribution is 6.27. The van der Waals surface area contributed by atoms with Crippen molar-refractivity contribution in [3.05, 3.63) is 170 Å². The van der Waals surface area contributed by atoms with Crippen LogP contribution in [0.4, 0.5) is 0 Å².